The average Bonchev–Trinajstić information content (AvgIpc) is 3.30. The standard InChI is InChI=1S/C18H23N3O4S2/c22-17(19-9-14-2-1-7-25-14)8-12-3-5-13(6-4-12)20-18-21-15-10-27(23,24)11-16(15)26-18/h3-6,14-16H,1-2,7-11H2,(H,19,22)(H,20,21)/t14-,15+,16+/m0/s1. The fourth-order valence-electron chi connectivity index (χ4n) is 3.53. The smallest absolute Gasteiger partial charge is 0.224 e. The van der Waals surface area contributed by atoms with Crippen LogP contribution in [0.1, 0.15) is 18.4 Å². The van der Waals surface area contributed by atoms with Gasteiger partial charge in [-0.05, 0) is 30.5 Å². The molecular formula is C18H23N3O4S2. The fraction of sp³-hybridized carbons (Fsp3) is 0.556. The Labute approximate surface area is 163 Å². The van der Waals surface area contributed by atoms with Gasteiger partial charge in [0.15, 0.2) is 15.0 Å². The van der Waals surface area contributed by atoms with Crippen LogP contribution >= 0.6 is 11.8 Å². The predicted octanol–water partition coefficient (Wildman–Crippen LogP) is 1.20. The van der Waals surface area contributed by atoms with Gasteiger partial charge in [0.25, 0.3) is 0 Å². The van der Waals surface area contributed by atoms with Crippen LogP contribution in [0, 0.1) is 0 Å². The molecule has 7 nitrogen and oxygen atoms in total. The molecular weight excluding hydrogens is 386 g/mol. The first kappa shape index (κ1) is 18.8. The lowest BCUT2D eigenvalue weighted by atomic mass is 10.1. The van der Waals surface area contributed by atoms with Gasteiger partial charge in [-0.3, -0.25) is 9.79 Å². The van der Waals surface area contributed by atoms with Gasteiger partial charge in [0.05, 0.1) is 30.1 Å². The van der Waals surface area contributed by atoms with Crippen LogP contribution in [-0.2, 0) is 25.8 Å². The number of hydrogen-bond acceptors (Lipinski definition) is 7. The summed E-state index contributed by atoms with van der Waals surface area (Å²) in [5.74, 6) is 0.350. The van der Waals surface area contributed by atoms with Crippen molar-refractivity contribution in [2.75, 3.05) is 30.0 Å². The molecule has 0 aromatic heterocycles. The third-order valence-corrected chi connectivity index (χ3v) is 8.08. The number of sulfone groups is 1. The second-order valence-corrected chi connectivity index (χ2v) is 10.6. The van der Waals surface area contributed by atoms with Gasteiger partial charge < -0.3 is 15.4 Å². The van der Waals surface area contributed by atoms with Crippen molar-refractivity contribution >= 4 is 38.4 Å². The number of benzene rings is 1. The predicted molar refractivity (Wildman–Crippen MR) is 107 cm³/mol. The van der Waals surface area contributed by atoms with E-state index in [4.69, 9.17) is 4.74 Å². The Bertz CT molecular complexity index is 833. The minimum Gasteiger partial charge on any atom is -0.376 e. The van der Waals surface area contributed by atoms with E-state index in [1.165, 1.54) is 11.8 Å². The number of carbonyl (C=O) groups is 1. The lowest BCUT2D eigenvalue weighted by molar-refractivity contribution is -0.120. The van der Waals surface area contributed by atoms with Crippen molar-refractivity contribution in [1.82, 2.24) is 5.32 Å². The summed E-state index contributed by atoms with van der Waals surface area (Å²) in [6.45, 7) is 1.36. The van der Waals surface area contributed by atoms with Gasteiger partial charge in [0.2, 0.25) is 5.91 Å². The Balaban J connectivity index is 1.26. The van der Waals surface area contributed by atoms with Crippen molar-refractivity contribution < 1.29 is 17.9 Å². The van der Waals surface area contributed by atoms with Crippen LogP contribution in [0.4, 0.5) is 5.69 Å². The van der Waals surface area contributed by atoms with Crippen molar-refractivity contribution in [3.05, 3.63) is 29.8 Å². The van der Waals surface area contributed by atoms with E-state index in [-0.39, 0.29) is 34.8 Å². The number of carbonyl (C=O) groups excluding carboxylic acids is 1. The summed E-state index contributed by atoms with van der Waals surface area (Å²) in [6, 6.07) is 7.53. The molecule has 27 heavy (non-hydrogen) atoms. The van der Waals surface area contributed by atoms with Crippen LogP contribution in [0.25, 0.3) is 0 Å². The van der Waals surface area contributed by atoms with Crippen LogP contribution in [0.2, 0.25) is 0 Å². The molecule has 0 bridgehead atoms. The van der Waals surface area contributed by atoms with Crippen molar-refractivity contribution in [2.24, 2.45) is 4.99 Å². The van der Waals surface area contributed by atoms with Crippen molar-refractivity contribution in [3.63, 3.8) is 0 Å². The number of amides is 1. The van der Waals surface area contributed by atoms with E-state index in [0.29, 0.717) is 13.0 Å². The summed E-state index contributed by atoms with van der Waals surface area (Å²) in [5.41, 5.74) is 1.82. The molecule has 2 fully saturated rings. The van der Waals surface area contributed by atoms with Gasteiger partial charge in [-0.25, -0.2) is 8.42 Å². The first-order chi connectivity index (χ1) is 13.0. The first-order valence-corrected chi connectivity index (χ1v) is 11.9. The zero-order chi connectivity index (χ0) is 18.9. The number of nitrogens with one attached hydrogen (secondary N) is 2. The number of fused-ring (bicyclic) bond motifs is 1. The molecule has 1 aromatic rings. The molecule has 3 aliphatic heterocycles. The highest BCUT2D eigenvalue weighted by Crippen LogP contribution is 2.34. The second kappa shape index (κ2) is 7.81. The minimum atomic E-state index is -2.93. The minimum absolute atomic E-state index is 0.00373. The monoisotopic (exact) mass is 409 g/mol. The van der Waals surface area contributed by atoms with Gasteiger partial charge in [-0.2, -0.15) is 0 Å². The van der Waals surface area contributed by atoms with Gasteiger partial charge in [-0.15, -0.1) is 0 Å². The van der Waals surface area contributed by atoms with Crippen molar-refractivity contribution in [2.45, 2.75) is 36.7 Å². The van der Waals surface area contributed by atoms with E-state index in [9.17, 15) is 13.2 Å². The van der Waals surface area contributed by atoms with Crippen LogP contribution in [0.15, 0.2) is 29.3 Å². The first-order valence-electron chi connectivity index (χ1n) is 9.16. The van der Waals surface area contributed by atoms with E-state index in [1.807, 2.05) is 24.3 Å². The van der Waals surface area contributed by atoms with E-state index < -0.39 is 9.84 Å². The molecule has 3 aliphatic rings. The van der Waals surface area contributed by atoms with E-state index >= 15 is 0 Å². The molecule has 0 radical (unpaired) electrons. The van der Waals surface area contributed by atoms with Crippen LogP contribution < -0.4 is 10.6 Å². The quantitative estimate of drug-likeness (QED) is 0.759. The number of rotatable bonds is 5. The van der Waals surface area contributed by atoms with Gasteiger partial charge in [0.1, 0.15) is 0 Å². The molecule has 1 aromatic carbocycles. The highest BCUT2D eigenvalue weighted by atomic mass is 32.2. The maximum absolute atomic E-state index is 12.0. The number of anilines is 1. The topological polar surface area (TPSA) is 96.9 Å². The SMILES string of the molecule is O=C(Cc1ccc(NC2=N[C@@H]3CS(=O)(=O)C[C@H]3S2)cc1)NC[C@@H]1CCCO1. The number of amidine groups is 1. The largest absolute Gasteiger partial charge is 0.376 e. The third-order valence-electron chi connectivity index (χ3n) is 4.94. The Hall–Kier alpha value is -1.58. The summed E-state index contributed by atoms with van der Waals surface area (Å²) >= 11 is 1.50. The summed E-state index contributed by atoms with van der Waals surface area (Å²) < 4.78 is 28.7. The normalized spacial score (nSPS) is 28.6. The molecule has 0 aliphatic carbocycles. The van der Waals surface area contributed by atoms with Crippen LogP contribution in [-0.4, -0.2) is 61.5 Å². The molecule has 0 unspecified atom stereocenters. The molecule has 1 amide bonds. The second-order valence-electron chi connectivity index (χ2n) is 7.17. The highest BCUT2D eigenvalue weighted by molar-refractivity contribution is 8.15. The maximum atomic E-state index is 12.0. The number of hydrogen-bond donors (Lipinski definition) is 2. The van der Waals surface area contributed by atoms with Crippen LogP contribution in [0.3, 0.4) is 0 Å². The molecule has 2 N–H and O–H groups in total. The highest BCUT2D eigenvalue weighted by Gasteiger charge is 2.42. The van der Waals surface area contributed by atoms with Gasteiger partial charge in [0, 0.05) is 24.1 Å². The number of ether oxygens (including phenoxy) is 1. The molecule has 9 heteroatoms. The molecule has 4 rings (SSSR count). The van der Waals surface area contributed by atoms with Gasteiger partial charge in [-0.1, -0.05) is 23.9 Å². The van der Waals surface area contributed by atoms with E-state index in [1.54, 1.807) is 0 Å². The number of aliphatic imine (C=N–C) groups is 1. The van der Waals surface area contributed by atoms with Gasteiger partial charge >= 0.3 is 0 Å². The molecule has 0 spiro atoms. The summed E-state index contributed by atoms with van der Waals surface area (Å²) in [4.78, 5) is 16.5. The zero-order valence-electron chi connectivity index (χ0n) is 14.9. The van der Waals surface area contributed by atoms with E-state index in [2.05, 4.69) is 15.6 Å². The summed E-state index contributed by atoms with van der Waals surface area (Å²) in [7, 11) is -2.93. The third kappa shape index (κ3) is 4.83. The van der Waals surface area contributed by atoms with Crippen LogP contribution in [0.5, 0.6) is 0 Å². The number of thioether (sulfide) groups is 1. The van der Waals surface area contributed by atoms with E-state index in [0.717, 1.165) is 35.9 Å². The number of nitrogens with zero attached hydrogens (tertiary/aromatic N) is 1. The fourth-order valence-corrected chi connectivity index (χ4v) is 7.20. The van der Waals surface area contributed by atoms with Crippen molar-refractivity contribution in [1.29, 1.82) is 0 Å². The summed E-state index contributed by atoms with van der Waals surface area (Å²) in [5, 5.41) is 6.96. The maximum Gasteiger partial charge on any atom is 0.224 e. The lowest BCUT2D eigenvalue weighted by Crippen LogP contribution is -2.32. The van der Waals surface area contributed by atoms with Crippen molar-refractivity contribution in [3.8, 4) is 0 Å². The average molecular weight is 410 g/mol. The molecule has 3 heterocycles. The lowest BCUT2D eigenvalue weighted by Gasteiger charge is -2.11. The molecule has 0 saturated carbocycles. The summed E-state index contributed by atoms with van der Waals surface area (Å²) in [6.07, 6.45) is 2.57. The zero-order valence-corrected chi connectivity index (χ0v) is 16.5. The Morgan fingerprint density at radius 3 is 2.78 bits per heavy atom. The Kier molecular flexibility index (Phi) is 5.43. The Morgan fingerprint density at radius 2 is 2.07 bits per heavy atom. The molecule has 2 saturated heterocycles. The molecule has 146 valence electrons. The molecule has 3 atom stereocenters. The Morgan fingerprint density at radius 1 is 1.26 bits per heavy atom.